The Morgan fingerprint density at radius 1 is 1.89 bits per heavy atom. The van der Waals surface area contributed by atoms with Crippen molar-refractivity contribution >= 4 is 17.3 Å². The zero-order valence-electron chi connectivity index (χ0n) is 4.79. The minimum absolute atomic E-state index is 0.292. The summed E-state index contributed by atoms with van der Waals surface area (Å²) in [4.78, 5) is 10.3. The van der Waals surface area contributed by atoms with Crippen LogP contribution in [0.5, 0.6) is 0 Å². The van der Waals surface area contributed by atoms with E-state index < -0.39 is 5.30 Å². The van der Waals surface area contributed by atoms with Gasteiger partial charge < -0.3 is 8.92 Å². The van der Waals surface area contributed by atoms with E-state index in [2.05, 4.69) is 8.92 Å². The first-order valence-corrected chi connectivity index (χ1v) is 2.94. The van der Waals surface area contributed by atoms with Gasteiger partial charge in [-0.1, -0.05) is 0 Å². The highest BCUT2D eigenvalue weighted by Crippen LogP contribution is 2.04. The van der Waals surface area contributed by atoms with Gasteiger partial charge in [-0.3, -0.25) is 0 Å². The Labute approximate surface area is 56.9 Å². The van der Waals surface area contributed by atoms with E-state index in [1.54, 1.807) is 6.92 Å². The molecule has 0 aliphatic heterocycles. The highest BCUT2D eigenvalue weighted by molar-refractivity contribution is 8.09. The van der Waals surface area contributed by atoms with E-state index in [0.717, 1.165) is 0 Å². The molecule has 0 heterocycles. The van der Waals surface area contributed by atoms with Crippen LogP contribution in [0.1, 0.15) is 6.92 Å². The fraction of sp³-hybridized carbons (Fsp3) is 0.500. The quantitative estimate of drug-likeness (QED) is 0.334. The van der Waals surface area contributed by atoms with Gasteiger partial charge in [-0.05, 0) is 6.92 Å². The number of ether oxygens (including phenoxy) is 1. The summed E-state index contributed by atoms with van der Waals surface area (Å²) in [7, 11) is 0. The first kappa shape index (κ1) is 8.11. The number of nitrogens with zero attached hydrogens (tertiary/aromatic N) is 1. The number of carbonyl (C=O) groups is 1. The average molecular weight is 147 g/mol. The van der Waals surface area contributed by atoms with Gasteiger partial charge in [-0.25, -0.2) is 4.79 Å². The Hall–Kier alpha value is -0.890. The first-order chi connectivity index (χ1) is 4.31. The third kappa shape index (κ3) is 4.97. The molecule has 5 heteroatoms. The van der Waals surface area contributed by atoms with Crippen LogP contribution in [-0.4, -0.2) is 11.9 Å². The van der Waals surface area contributed by atoms with Crippen LogP contribution in [0.4, 0.5) is 4.79 Å². The molecule has 9 heavy (non-hydrogen) atoms. The van der Waals surface area contributed by atoms with E-state index in [4.69, 9.17) is 5.26 Å². The van der Waals surface area contributed by atoms with E-state index in [1.807, 2.05) is 0 Å². The van der Waals surface area contributed by atoms with Crippen LogP contribution in [-0.2, 0) is 8.92 Å². The summed E-state index contributed by atoms with van der Waals surface area (Å²) in [6.07, 6.45) is 1.32. The third-order valence-corrected chi connectivity index (χ3v) is 0.821. The van der Waals surface area contributed by atoms with Gasteiger partial charge in [0.1, 0.15) is 0 Å². The number of hydrogen-bond donors (Lipinski definition) is 0. The van der Waals surface area contributed by atoms with E-state index in [9.17, 15) is 4.79 Å². The summed E-state index contributed by atoms with van der Waals surface area (Å²) in [5, 5.41) is 7.18. The Morgan fingerprint density at radius 3 is 3.00 bits per heavy atom. The summed E-state index contributed by atoms with van der Waals surface area (Å²) in [6, 6.07) is 0. The van der Waals surface area contributed by atoms with Crippen LogP contribution in [0.25, 0.3) is 0 Å². The van der Waals surface area contributed by atoms with Crippen LogP contribution < -0.4 is 0 Å². The van der Waals surface area contributed by atoms with Crippen molar-refractivity contribution in [2.45, 2.75) is 6.92 Å². The summed E-state index contributed by atoms with van der Waals surface area (Å²) in [6.45, 7) is 1.96. The SMILES string of the molecule is CCOC(=O)SOC#N. The highest BCUT2D eigenvalue weighted by Gasteiger charge is 2.01. The molecule has 0 N–H and O–H groups in total. The Morgan fingerprint density at radius 2 is 2.56 bits per heavy atom. The lowest BCUT2D eigenvalue weighted by Crippen LogP contribution is -1.95. The number of rotatable bonds is 2. The lowest BCUT2D eigenvalue weighted by Gasteiger charge is -1.93. The molecule has 0 aromatic rings. The van der Waals surface area contributed by atoms with E-state index in [1.165, 1.54) is 6.26 Å². The number of nitriles is 1. The molecular weight excluding hydrogens is 142 g/mol. The third-order valence-electron chi connectivity index (χ3n) is 0.409. The number of carbonyl (C=O) groups excluding carboxylic acids is 1. The molecule has 4 nitrogen and oxygen atoms in total. The van der Waals surface area contributed by atoms with Crippen molar-refractivity contribution in [1.82, 2.24) is 0 Å². The van der Waals surface area contributed by atoms with Crippen molar-refractivity contribution in [3.8, 4) is 6.26 Å². The second kappa shape index (κ2) is 5.25. The molecule has 0 rings (SSSR count). The second-order valence-corrected chi connectivity index (χ2v) is 1.61. The Balaban J connectivity index is 3.19. The molecule has 0 atom stereocenters. The molecule has 0 saturated heterocycles. The molecule has 0 radical (unpaired) electrons. The fourth-order valence-corrected chi connectivity index (χ4v) is 0.466. The maximum absolute atomic E-state index is 10.3. The topological polar surface area (TPSA) is 59.3 Å². The summed E-state index contributed by atoms with van der Waals surface area (Å²) >= 11 is 0.379. The first-order valence-electron chi connectivity index (χ1n) is 2.20. The summed E-state index contributed by atoms with van der Waals surface area (Å²) < 4.78 is 8.39. The minimum Gasteiger partial charge on any atom is -0.456 e. The predicted molar refractivity (Wildman–Crippen MR) is 31.3 cm³/mol. The molecule has 0 aliphatic rings. The van der Waals surface area contributed by atoms with Crippen molar-refractivity contribution in [3.05, 3.63) is 0 Å². The fourth-order valence-electron chi connectivity index (χ4n) is 0.195. The molecule has 0 aromatic carbocycles. The smallest absolute Gasteiger partial charge is 0.408 e. The van der Waals surface area contributed by atoms with Crippen molar-refractivity contribution in [2.75, 3.05) is 6.61 Å². The van der Waals surface area contributed by atoms with Gasteiger partial charge in [0.15, 0.2) is 12.0 Å². The monoisotopic (exact) mass is 147 g/mol. The molecular formula is C4H5NO3S. The zero-order chi connectivity index (χ0) is 7.11. The molecule has 0 aliphatic carbocycles. The minimum atomic E-state index is -0.598. The normalized spacial score (nSPS) is 7.56. The van der Waals surface area contributed by atoms with Gasteiger partial charge in [-0.15, -0.1) is 5.26 Å². The highest BCUT2D eigenvalue weighted by atomic mass is 32.2. The van der Waals surface area contributed by atoms with Gasteiger partial charge >= 0.3 is 5.30 Å². The average Bonchev–Trinajstić information content (AvgIpc) is 1.85. The van der Waals surface area contributed by atoms with Crippen LogP contribution in [0.2, 0.25) is 0 Å². The molecule has 0 amide bonds. The molecule has 0 spiro atoms. The van der Waals surface area contributed by atoms with Gasteiger partial charge in [0.05, 0.1) is 6.61 Å². The van der Waals surface area contributed by atoms with Crippen LogP contribution in [0.3, 0.4) is 0 Å². The van der Waals surface area contributed by atoms with Gasteiger partial charge in [0.2, 0.25) is 0 Å². The molecule has 0 saturated carbocycles. The van der Waals surface area contributed by atoms with Crippen LogP contribution >= 0.6 is 12.0 Å². The largest absolute Gasteiger partial charge is 0.456 e. The maximum atomic E-state index is 10.3. The van der Waals surface area contributed by atoms with Crippen molar-refractivity contribution < 1.29 is 13.7 Å². The van der Waals surface area contributed by atoms with Gasteiger partial charge in [0, 0.05) is 0 Å². The lowest BCUT2D eigenvalue weighted by molar-refractivity contribution is 0.180. The molecule has 0 unspecified atom stereocenters. The van der Waals surface area contributed by atoms with Crippen molar-refractivity contribution in [3.63, 3.8) is 0 Å². The molecule has 0 fully saturated rings. The van der Waals surface area contributed by atoms with Crippen LogP contribution in [0, 0.1) is 11.5 Å². The lowest BCUT2D eigenvalue weighted by atomic mass is 10.9. The van der Waals surface area contributed by atoms with E-state index in [-0.39, 0.29) is 0 Å². The number of hydrogen-bond acceptors (Lipinski definition) is 5. The standard InChI is InChI=1S/C4H5NO3S/c1-2-7-4(6)9-8-3-5/h2H2,1H3. The summed E-state index contributed by atoms with van der Waals surface area (Å²) in [5.41, 5.74) is 0. The summed E-state index contributed by atoms with van der Waals surface area (Å²) in [5.74, 6) is 0. The molecule has 50 valence electrons. The van der Waals surface area contributed by atoms with E-state index in [0.29, 0.717) is 18.6 Å². The zero-order valence-corrected chi connectivity index (χ0v) is 5.60. The Kier molecular flexibility index (Phi) is 4.73. The van der Waals surface area contributed by atoms with Gasteiger partial charge in [0.25, 0.3) is 6.26 Å². The van der Waals surface area contributed by atoms with Crippen molar-refractivity contribution in [1.29, 1.82) is 5.26 Å². The van der Waals surface area contributed by atoms with E-state index >= 15 is 0 Å². The van der Waals surface area contributed by atoms with Crippen LogP contribution in [0.15, 0.2) is 0 Å². The molecule has 0 aromatic heterocycles. The van der Waals surface area contributed by atoms with Crippen molar-refractivity contribution in [2.24, 2.45) is 0 Å². The molecule has 0 bridgehead atoms. The van der Waals surface area contributed by atoms with Gasteiger partial charge in [-0.2, -0.15) is 0 Å². The second-order valence-electron chi connectivity index (χ2n) is 0.941. The Bertz CT molecular complexity index is 130. The maximum Gasteiger partial charge on any atom is 0.408 e. The predicted octanol–water partition coefficient (Wildman–Crippen LogP) is 1.29.